The van der Waals surface area contributed by atoms with Gasteiger partial charge in [-0.2, -0.15) is 0 Å². The molecule has 2 amide bonds. The lowest BCUT2D eigenvalue weighted by Crippen LogP contribution is -2.27. The standard InChI is InChI=1S/C32H28N4O5S/c1-19-28(31(39)36(35(19)3)23-11-5-4-6-12-23)34-29(37)20(2)42-24-17-15-22(16-18-24)33-30(38)25-13-7-9-21-10-8-14-26(27(21)25)32(40)41/h4-18,20H,1-3H3,(H,33,38)(H,34,37)(H,40,41). The number of amides is 2. The summed E-state index contributed by atoms with van der Waals surface area (Å²) < 4.78 is 3.22. The molecule has 0 aliphatic heterocycles. The monoisotopic (exact) mass is 580 g/mol. The van der Waals surface area contributed by atoms with Crippen molar-refractivity contribution in [3.63, 3.8) is 0 Å². The van der Waals surface area contributed by atoms with Crippen molar-refractivity contribution in [3.05, 3.63) is 118 Å². The lowest BCUT2D eigenvalue weighted by atomic mass is 9.98. The van der Waals surface area contributed by atoms with Crippen molar-refractivity contribution in [2.75, 3.05) is 10.6 Å². The number of para-hydroxylation sites is 1. The minimum absolute atomic E-state index is 0.0574. The summed E-state index contributed by atoms with van der Waals surface area (Å²) in [6.07, 6.45) is 0. The van der Waals surface area contributed by atoms with Crippen molar-refractivity contribution in [2.45, 2.75) is 24.0 Å². The molecule has 42 heavy (non-hydrogen) atoms. The van der Waals surface area contributed by atoms with Crippen LogP contribution in [0, 0.1) is 6.92 Å². The van der Waals surface area contributed by atoms with E-state index in [0.717, 1.165) is 4.90 Å². The van der Waals surface area contributed by atoms with Crippen molar-refractivity contribution in [1.82, 2.24) is 9.36 Å². The Bertz CT molecular complexity index is 1870. The van der Waals surface area contributed by atoms with Gasteiger partial charge in [0.1, 0.15) is 5.69 Å². The third kappa shape index (κ3) is 5.57. The second kappa shape index (κ2) is 11.8. The van der Waals surface area contributed by atoms with Crippen LogP contribution in [0.2, 0.25) is 0 Å². The maximum atomic E-state index is 13.1. The number of hydrogen-bond donors (Lipinski definition) is 3. The summed E-state index contributed by atoms with van der Waals surface area (Å²) in [6.45, 7) is 3.53. The molecule has 0 radical (unpaired) electrons. The van der Waals surface area contributed by atoms with Crippen molar-refractivity contribution in [1.29, 1.82) is 0 Å². The van der Waals surface area contributed by atoms with Crippen LogP contribution in [0.15, 0.2) is 101 Å². The summed E-state index contributed by atoms with van der Waals surface area (Å²) in [5, 5.41) is 15.8. The second-order valence-corrected chi connectivity index (χ2v) is 11.1. The summed E-state index contributed by atoms with van der Waals surface area (Å²) in [5.74, 6) is -1.85. The SMILES string of the molecule is Cc1c(NC(=O)C(C)Sc2ccc(NC(=O)c3cccc4cccc(C(=O)O)c34)cc2)c(=O)n(-c2ccccc2)n1C. The lowest BCUT2D eigenvalue weighted by Gasteiger charge is -2.13. The number of carbonyl (C=O) groups is 3. The third-order valence-electron chi connectivity index (χ3n) is 6.98. The molecule has 10 heteroatoms. The Morgan fingerprint density at radius 1 is 0.833 bits per heavy atom. The van der Waals surface area contributed by atoms with Gasteiger partial charge in [-0.05, 0) is 67.8 Å². The molecule has 1 aromatic heterocycles. The highest BCUT2D eigenvalue weighted by atomic mass is 32.2. The molecule has 0 aliphatic rings. The van der Waals surface area contributed by atoms with Gasteiger partial charge in [-0.15, -0.1) is 11.8 Å². The maximum absolute atomic E-state index is 13.1. The fourth-order valence-electron chi connectivity index (χ4n) is 4.72. The van der Waals surface area contributed by atoms with E-state index < -0.39 is 17.1 Å². The van der Waals surface area contributed by atoms with Crippen molar-refractivity contribution in [3.8, 4) is 5.69 Å². The average molecular weight is 581 g/mol. The van der Waals surface area contributed by atoms with Crippen LogP contribution in [-0.4, -0.2) is 37.5 Å². The van der Waals surface area contributed by atoms with Crippen LogP contribution in [0.4, 0.5) is 11.4 Å². The smallest absolute Gasteiger partial charge is 0.336 e. The Labute approximate surface area is 245 Å². The Morgan fingerprint density at radius 3 is 2.12 bits per heavy atom. The summed E-state index contributed by atoms with van der Waals surface area (Å²) in [5.41, 5.74) is 2.10. The molecule has 5 aromatic rings. The number of nitrogens with one attached hydrogen (secondary N) is 2. The van der Waals surface area contributed by atoms with Gasteiger partial charge in [0.15, 0.2) is 0 Å². The minimum atomic E-state index is -1.11. The van der Waals surface area contributed by atoms with Crippen LogP contribution in [0.5, 0.6) is 0 Å². The number of fused-ring (bicyclic) bond motifs is 1. The van der Waals surface area contributed by atoms with Gasteiger partial charge in [-0.3, -0.25) is 19.1 Å². The first-order chi connectivity index (χ1) is 20.2. The first kappa shape index (κ1) is 28.4. The molecule has 0 fully saturated rings. The van der Waals surface area contributed by atoms with Gasteiger partial charge in [-0.25, -0.2) is 9.48 Å². The number of hydrogen-bond acceptors (Lipinski definition) is 5. The van der Waals surface area contributed by atoms with Crippen molar-refractivity contribution < 1.29 is 19.5 Å². The van der Waals surface area contributed by atoms with Crippen LogP contribution in [0.3, 0.4) is 0 Å². The highest BCUT2D eigenvalue weighted by Crippen LogP contribution is 2.28. The first-order valence-electron chi connectivity index (χ1n) is 13.1. The number of benzene rings is 4. The number of nitrogens with zero attached hydrogens (tertiary/aromatic N) is 2. The summed E-state index contributed by atoms with van der Waals surface area (Å²) >= 11 is 1.32. The van der Waals surface area contributed by atoms with E-state index in [2.05, 4.69) is 10.6 Å². The van der Waals surface area contributed by atoms with E-state index in [1.54, 1.807) is 80.2 Å². The molecule has 0 aliphatic carbocycles. The Balaban J connectivity index is 1.27. The van der Waals surface area contributed by atoms with Gasteiger partial charge in [0.2, 0.25) is 5.91 Å². The van der Waals surface area contributed by atoms with Gasteiger partial charge < -0.3 is 15.7 Å². The van der Waals surface area contributed by atoms with Crippen LogP contribution >= 0.6 is 11.8 Å². The summed E-state index contributed by atoms with van der Waals surface area (Å²) in [6, 6.07) is 26.2. The fraction of sp³-hybridized carbons (Fsp3) is 0.125. The van der Waals surface area contributed by atoms with Gasteiger partial charge in [0.25, 0.3) is 11.5 Å². The van der Waals surface area contributed by atoms with Crippen LogP contribution in [0.25, 0.3) is 16.5 Å². The second-order valence-electron chi connectivity index (χ2n) is 9.68. The molecule has 1 atom stereocenters. The van der Waals surface area contributed by atoms with E-state index in [0.29, 0.717) is 27.8 Å². The van der Waals surface area contributed by atoms with Gasteiger partial charge in [0.05, 0.1) is 22.2 Å². The molecule has 0 saturated carbocycles. The van der Waals surface area contributed by atoms with E-state index in [-0.39, 0.29) is 28.3 Å². The lowest BCUT2D eigenvalue weighted by molar-refractivity contribution is -0.115. The highest BCUT2D eigenvalue weighted by molar-refractivity contribution is 8.00. The number of carboxylic acid groups (broad SMARTS) is 1. The zero-order valence-corrected chi connectivity index (χ0v) is 23.9. The zero-order valence-electron chi connectivity index (χ0n) is 23.1. The minimum Gasteiger partial charge on any atom is -0.478 e. The molecule has 0 spiro atoms. The molecule has 4 aromatic carbocycles. The largest absolute Gasteiger partial charge is 0.478 e. The van der Waals surface area contributed by atoms with E-state index in [4.69, 9.17) is 0 Å². The number of rotatable bonds is 8. The van der Waals surface area contributed by atoms with Crippen LogP contribution in [0.1, 0.15) is 33.3 Å². The molecule has 1 unspecified atom stereocenters. The zero-order chi connectivity index (χ0) is 30.0. The van der Waals surface area contributed by atoms with Crippen molar-refractivity contribution in [2.24, 2.45) is 7.05 Å². The molecule has 1 heterocycles. The molecular formula is C32H28N4O5S. The number of aromatic carboxylic acids is 1. The first-order valence-corrected chi connectivity index (χ1v) is 14.0. The summed E-state index contributed by atoms with van der Waals surface area (Å²) in [7, 11) is 1.77. The van der Waals surface area contributed by atoms with E-state index in [1.807, 2.05) is 30.3 Å². The normalized spacial score (nSPS) is 11.7. The van der Waals surface area contributed by atoms with E-state index >= 15 is 0 Å². The topological polar surface area (TPSA) is 122 Å². The maximum Gasteiger partial charge on any atom is 0.336 e. The molecule has 9 nitrogen and oxygen atoms in total. The number of aromatic nitrogens is 2. The molecule has 3 N–H and O–H groups in total. The molecule has 212 valence electrons. The van der Waals surface area contributed by atoms with E-state index in [1.165, 1.54) is 22.5 Å². The number of carboxylic acids is 1. The van der Waals surface area contributed by atoms with Crippen LogP contribution < -0.4 is 16.2 Å². The third-order valence-corrected chi connectivity index (χ3v) is 8.09. The predicted molar refractivity (Wildman–Crippen MR) is 165 cm³/mol. The fourth-order valence-corrected chi connectivity index (χ4v) is 5.59. The van der Waals surface area contributed by atoms with Gasteiger partial charge >= 0.3 is 5.97 Å². The Hall–Kier alpha value is -5.09. The van der Waals surface area contributed by atoms with Crippen molar-refractivity contribution >= 4 is 51.7 Å². The molecular weight excluding hydrogens is 552 g/mol. The average Bonchev–Trinajstić information content (AvgIpc) is 3.20. The number of carbonyl (C=O) groups excluding carboxylic acids is 2. The molecule has 5 rings (SSSR count). The van der Waals surface area contributed by atoms with Gasteiger partial charge in [-0.1, -0.05) is 42.5 Å². The summed E-state index contributed by atoms with van der Waals surface area (Å²) in [4.78, 5) is 51.8. The Morgan fingerprint density at radius 2 is 1.48 bits per heavy atom. The molecule has 0 saturated heterocycles. The van der Waals surface area contributed by atoms with E-state index in [9.17, 15) is 24.3 Å². The number of thioether (sulfide) groups is 1. The predicted octanol–water partition coefficient (Wildman–Crippen LogP) is 5.71. The highest BCUT2D eigenvalue weighted by Gasteiger charge is 2.22. The Kier molecular flexibility index (Phi) is 7.99. The van der Waals surface area contributed by atoms with Gasteiger partial charge in [0, 0.05) is 28.6 Å². The van der Waals surface area contributed by atoms with Crippen LogP contribution in [-0.2, 0) is 11.8 Å². The number of anilines is 2. The molecule has 0 bridgehead atoms. The quantitative estimate of drug-likeness (QED) is 0.202.